The lowest BCUT2D eigenvalue weighted by Gasteiger charge is -2.28. The Bertz CT molecular complexity index is 414. The van der Waals surface area contributed by atoms with E-state index < -0.39 is 0 Å². The van der Waals surface area contributed by atoms with Crippen molar-refractivity contribution in [3.63, 3.8) is 0 Å². The molecule has 0 radical (unpaired) electrons. The molecule has 3 rings (SSSR count). The predicted molar refractivity (Wildman–Crippen MR) is 77.1 cm³/mol. The molecule has 2 fully saturated rings. The Kier molecular flexibility index (Phi) is 3.89. The molecule has 4 nitrogen and oxygen atoms in total. The minimum atomic E-state index is 0.914. The first-order chi connectivity index (χ1) is 9.20. The molecule has 1 aromatic heterocycles. The molecule has 4 heteroatoms. The van der Waals surface area contributed by atoms with Gasteiger partial charge in [-0.05, 0) is 44.2 Å². The first-order valence-electron chi connectivity index (χ1n) is 7.61. The summed E-state index contributed by atoms with van der Waals surface area (Å²) in [6, 6.07) is 0.914. The molecule has 2 bridgehead atoms. The van der Waals surface area contributed by atoms with Gasteiger partial charge in [0.15, 0.2) is 0 Å². The van der Waals surface area contributed by atoms with Gasteiger partial charge in [-0.15, -0.1) is 0 Å². The highest BCUT2D eigenvalue weighted by Gasteiger charge is 2.37. The van der Waals surface area contributed by atoms with Crippen molar-refractivity contribution in [1.29, 1.82) is 0 Å². The molecular weight excluding hydrogens is 236 g/mol. The minimum Gasteiger partial charge on any atom is -0.305 e. The number of fused-ring (bicyclic) bond motifs is 2. The summed E-state index contributed by atoms with van der Waals surface area (Å²) in [5.74, 6) is 1.02. The Balaban J connectivity index is 1.36. The molecule has 0 N–H and O–H groups in total. The summed E-state index contributed by atoms with van der Waals surface area (Å²) in [7, 11) is 4.22. The average Bonchev–Trinajstić information content (AvgIpc) is 3.10. The molecule has 0 aromatic carbocycles. The maximum Gasteiger partial charge on any atom is 0.0522 e. The molecule has 0 spiro atoms. The van der Waals surface area contributed by atoms with Gasteiger partial charge >= 0.3 is 0 Å². The lowest BCUT2D eigenvalue weighted by molar-refractivity contribution is 0.185. The number of aromatic nitrogens is 2. The van der Waals surface area contributed by atoms with Crippen LogP contribution in [0.1, 0.15) is 24.8 Å². The van der Waals surface area contributed by atoms with Gasteiger partial charge in [0.05, 0.1) is 6.20 Å². The van der Waals surface area contributed by atoms with Gasteiger partial charge in [0.2, 0.25) is 0 Å². The predicted octanol–water partition coefficient (Wildman–Crippen LogP) is 1.38. The quantitative estimate of drug-likeness (QED) is 0.774. The molecule has 2 aliphatic rings. The Morgan fingerprint density at radius 3 is 2.89 bits per heavy atom. The smallest absolute Gasteiger partial charge is 0.0522 e. The highest BCUT2D eigenvalue weighted by molar-refractivity contribution is 5.03. The van der Waals surface area contributed by atoms with Crippen LogP contribution in [0, 0.1) is 5.92 Å². The summed E-state index contributed by atoms with van der Waals surface area (Å²) in [5.41, 5.74) is 1.34. The zero-order valence-electron chi connectivity index (χ0n) is 12.3. The third kappa shape index (κ3) is 3.18. The van der Waals surface area contributed by atoms with Crippen LogP contribution in [0.5, 0.6) is 0 Å². The van der Waals surface area contributed by atoms with Gasteiger partial charge in [-0.1, -0.05) is 0 Å². The maximum atomic E-state index is 4.22. The summed E-state index contributed by atoms with van der Waals surface area (Å²) < 4.78 is 1.89. The van der Waals surface area contributed by atoms with Gasteiger partial charge in [0.1, 0.15) is 0 Å². The minimum absolute atomic E-state index is 0.914. The Hall–Kier alpha value is -0.870. The summed E-state index contributed by atoms with van der Waals surface area (Å²) in [4.78, 5) is 5.17. The van der Waals surface area contributed by atoms with E-state index in [2.05, 4.69) is 28.1 Å². The van der Waals surface area contributed by atoms with Crippen LogP contribution in [0.4, 0.5) is 0 Å². The van der Waals surface area contributed by atoms with Gasteiger partial charge in [-0.3, -0.25) is 9.58 Å². The molecule has 1 aromatic rings. The van der Waals surface area contributed by atoms with Crippen LogP contribution in [-0.4, -0.2) is 58.8 Å². The van der Waals surface area contributed by atoms with E-state index in [-0.39, 0.29) is 0 Å². The van der Waals surface area contributed by atoms with E-state index in [0.29, 0.717) is 0 Å². The number of piperidine rings is 1. The lowest BCUT2D eigenvalue weighted by atomic mass is 10.1. The van der Waals surface area contributed by atoms with E-state index in [1.165, 1.54) is 44.5 Å². The second-order valence-electron chi connectivity index (χ2n) is 6.40. The third-order valence-electron chi connectivity index (χ3n) is 4.83. The summed E-state index contributed by atoms with van der Waals surface area (Å²) >= 11 is 0. The molecule has 2 atom stereocenters. The number of likely N-dealkylation sites (tertiary alicyclic amines) is 1. The fourth-order valence-corrected chi connectivity index (χ4v) is 3.63. The van der Waals surface area contributed by atoms with E-state index in [4.69, 9.17) is 0 Å². The Labute approximate surface area is 116 Å². The third-order valence-corrected chi connectivity index (χ3v) is 4.83. The fourth-order valence-electron chi connectivity index (χ4n) is 3.63. The van der Waals surface area contributed by atoms with Crippen LogP contribution in [0.2, 0.25) is 0 Å². The first kappa shape index (κ1) is 13.1. The fraction of sp³-hybridized carbons (Fsp3) is 0.800. The van der Waals surface area contributed by atoms with E-state index in [1.807, 2.05) is 17.9 Å². The molecular formula is C15H26N4. The van der Waals surface area contributed by atoms with Gasteiger partial charge in [-0.25, -0.2) is 0 Å². The van der Waals surface area contributed by atoms with E-state index in [9.17, 15) is 0 Å². The number of rotatable bonds is 6. The SMILES string of the molecule is CN(CCc1cnn(C)c1)CCN1C[C@@H]2CC[C@H]1C2. The normalized spacial score (nSPS) is 26.7. The zero-order chi connectivity index (χ0) is 13.2. The number of aryl methyl sites for hydroxylation is 1. The molecule has 1 aliphatic heterocycles. The largest absolute Gasteiger partial charge is 0.305 e. The summed E-state index contributed by atoms with van der Waals surface area (Å²) in [5, 5.41) is 4.22. The number of nitrogens with zero attached hydrogens (tertiary/aromatic N) is 4. The highest BCUT2D eigenvalue weighted by atomic mass is 15.2. The molecule has 1 aliphatic carbocycles. The second kappa shape index (κ2) is 5.63. The van der Waals surface area contributed by atoms with Crippen LogP contribution in [-0.2, 0) is 13.5 Å². The number of hydrogen-bond acceptors (Lipinski definition) is 3. The van der Waals surface area contributed by atoms with Gasteiger partial charge in [-0.2, -0.15) is 5.10 Å². The van der Waals surface area contributed by atoms with Crippen molar-refractivity contribution < 1.29 is 0 Å². The van der Waals surface area contributed by atoms with Crippen molar-refractivity contribution in [1.82, 2.24) is 19.6 Å². The van der Waals surface area contributed by atoms with Crippen LogP contribution in [0.15, 0.2) is 12.4 Å². The van der Waals surface area contributed by atoms with Crippen LogP contribution < -0.4 is 0 Å². The Morgan fingerprint density at radius 1 is 1.37 bits per heavy atom. The summed E-state index contributed by atoms with van der Waals surface area (Å²) in [6.45, 7) is 4.95. The van der Waals surface area contributed by atoms with Crippen LogP contribution >= 0.6 is 0 Å². The standard InChI is InChI=1S/C15H26N4/c1-17(6-5-14-10-16-18(2)11-14)7-8-19-12-13-3-4-15(19)9-13/h10-11,13,15H,3-9,12H2,1-2H3/t13-,15+/m1/s1. The van der Waals surface area contributed by atoms with Crippen molar-refractivity contribution in [2.24, 2.45) is 13.0 Å². The lowest BCUT2D eigenvalue weighted by Crippen LogP contribution is -2.38. The molecule has 2 heterocycles. The van der Waals surface area contributed by atoms with E-state index in [1.54, 1.807) is 0 Å². The van der Waals surface area contributed by atoms with Gasteiger partial charge in [0.25, 0.3) is 0 Å². The summed E-state index contributed by atoms with van der Waals surface area (Å²) in [6.07, 6.45) is 9.61. The van der Waals surface area contributed by atoms with E-state index >= 15 is 0 Å². The number of hydrogen-bond donors (Lipinski definition) is 0. The highest BCUT2D eigenvalue weighted by Crippen LogP contribution is 2.36. The van der Waals surface area contributed by atoms with Crippen molar-refractivity contribution in [2.75, 3.05) is 33.2 Å². The van der Waals surface area contributed by atoms with Gasteiger partial charge < -0.3 is 4.90 Å². The molecule has 1 saturated carbocycles. The molecule has 19 heavy (non-hydrogen) atoms. The van der Waals surface area contributed by atoms with Crippen LogP contribution in [0.25, 0.3) is 0 Å². The Morgan fingerprint density at radius 2 is 2.26 bits per heavy atom. The molecule has 0 amide bonds. The van der Waals surface area contributed by atoms with Crippen molar-refractivity contribution in [2.45, 2.75) is 31.7 Å². The van der Waals surface area contributed by atoms with Crippen molar-refractivity contribution in [3.05, 3.63) is 18.0 Å². The molecule has 106 valence electrons. The monoisotopic (exact) mass is 262 g/mol. The van der Waals surface area contributed by atoms with E-state index in [0.717, 1.165) is 24.9 Å². The topological polar surface area (TPSA) is 24.3 Å². The average molecular weight is 262 g/mol. The number of likely N-dealkylation sites (N-methyl/N-ethyl adjacent to an activating group) is 1. The molecule has 1 saturated heterocycles. The second-order valence-corrected chi connectivity index (χ2v) is 6.40. The first-order valence-corrected chi connectivity index (χ1v) is 7.61. The maximum absolute atomic E-state index is 4.22. The van der Waals surface area contributed by atoms with Crippen molar-refractivity contribution >= 4 is 0 Å². The zero-order valence-corrected chi connectivity index (χ0v) is 12.3. The van der Waals surface area contributed by atoms with Gasteiger partial charge in [0, 0.05) is 45.5 Å². The molecule has 0 unspecified atom stereocenters. The van der Waals surface area contributed by atoms with Crippen LogP contribution in [0.3, 0.4) is 0 Å². The van der Waals surface area contributed by atoms with Crippen molar-refractivity contribution in [3.8, 4) is 0 Å².